The molecule has 4 rings (SSSR count). The van der Waals surface area contributed by atoms with Crippen molar-refractivity contribution in [2.75, 3.05) is 25.1 Å². The Kier molecular flexibility index (Phi) is 3.76. The summed E-state index contributed by atoms with van der Waals surface area (Å²) in [6.45, 7) is 3.61. The molecule has 5 heteroatoms. The van der Waals surface area contributed by atoms with Gasteiger partial charge in [0, 0.05) is 29.7 Å². The summed E-state index contributed by atoms with van der Waals surface area (Å²) in [7, 11) is 0. The molecule has 2 heterocycles. The van der Waals surface area contributed by atoms with Crippen molar-refractivity contribution < 1.29 is 19.0 Å². The highest BCUT2D eigenvalue weighted by Crippen LogP contribution is 2.45. The maximum Gasteiger partial charge on any atom is 0.225 e. The molecule has 0 fully saturated rings. The van der Waals surface area contributed by atoms with E-state index >= 15 is 0 Å². The van der Waals surface area contributed by atoms with Gasteiger partial charge >= 0.3 is 0 Å². The maximum atomic E-state index is 12.2. The highest BCUT2D eigenvalue weighted by molar-refractivity contribution is 5.96. The quantitative estimate of drug-likeness (QED) is 0.940. The second-order valence-electron chi connectivity index (χ2n) is 5.86. The average Bonchev–Trinajstić information content (AvgIpc) is 2.60. The minimum absolute atomic E-state index is 0.00419. The first-order valence-electron chi connectivity index (χ1n) is 8.21. The first kappa shape index (κ1) is 14.9. The van der Waals surface area contributed by atoms with Crippen LogP contribution in [0.25, 0.3) is 0 Å². The molecular weight excluding hydrogens is 306 g/mol. The predicted molar refractivity (Wildman–Crippen MR) is 90.1 cm³/mol. The van der Waals surface area contributed by atoms with E-state index < -0.39 is 0 Å². The topological polar surface area (TPSA) is 56.8 Å². The van der Waals surface area contributed by atoms with E-state index in [1.807, 2.05) is 43.3 Å². The SMILES string of the molecule is CCOc1ccccc1[C@H]1CC(=O)Nc2cc3c(cc21)OCCO3. The molecule has 1 N–H and O–H groups in total. The van der Waals surface area contributed by atoms with Crippen molar-refractivity contribution in [3.8, 4) is 17.2 Å². The number of carbonyl (C=O) groups excluding carboxylic acids is 1. The van der Waals surface area contributed by atoms with E-state index in [0.717, 1.165) is 28.3 Å². The highest BCUT2D eigenvalue weighted by atomic mass is 16.6. The zero-order chi connectivity index (χ0) is 16.5. The highest BCUT2D eigenvalue weighted by Gasteiger charge is 2.30. The van der Waals surface area contributed by atoms with Gasteiger partial charge in [-0.25, -0.2) is 0 Å². The molecule has 0 radical (unpaired) electrons. The van der Waals surface area contributed by atoms with Crippen LogP contribution in [0.1, 0.15) is 30.4 Å². The van der Waals surface area contributed by atoms with Crippen LogP contribution in [-0.2, 0) is 4.79 Å². The standard InChI is InChI=1S/C19H19NO4/c1-2-22-16-6-4-3-5-12(16)13-10-19(21)20-15-11-18-17(9-14(13)15)23-7-8-24-18/h3-6,9,11,13H,2,7-8,10H2,1H3,(H,20,21)/t13-/m1/s1. The Hall–Kier alpha value is -2.69. The van der Waals surface area contributed by atoms with Gasteiger partial charge in [0.05, 0.1) is 6.61 Å². The molecule has 2 aliphatic heterocycles. The van der Waals surface area contributed by atoms with Crippen molar-refractivity contribution in [1.29, 1.82) is 0 Å². The normalized spacial score (nSPS) is 18.5. The minimum Gasteiger partial charge on any atom is -0.494 e. The van der Waals surface area contributed by atoms with Crippen molar-refractivity contribution in [3.05, 3.63) is 47.5 Å². The van der Waals surface area contributed by atoms with Gasteiger partial charge in [-0.3, -0.25) is 4.79 Å². The molecule has 1 amide bonds. The molecule has 0 spiro atoms. The molecule has 124 valence electrons. The van der Waals surface area contributed by atoms with Crippen molar-refractivity contribution >= 4 is 11.6 Å². The number of para-hydroxylation sites is 1. The number of hydrogen-bond acceptors (Lipinski definition) is 4. The fourth-order valence-electron chi connectivity index (χ4n) is 3.33. The van der Waals surface area contributed by atoms with Crippen molar-refractivity contribution in [2.45, 2.75) is 19.3 Å². The molecule has 24 heavy (non-hydrogen) atoms. The molecule has 5 nitrogen and oxygen atoms in total. The lowest BCUT2D eigenvalue weighted by Gasteiger charge is -2.29. The monoisotopic (exact) mass is 325 g/mol. The van der Waals surface area contributed by atoms with Gasteiger partial charge in [0.25, 0.3) is 0 Å². The Morgan fingerprint density at radius 2 is 1.88 bits per heavy atom. The van der Waals surface area contributed by atoms with Gasteiger partial charge in [-0.2, -0.15) is 0 Å². The molecule has 0 unspecified atom stereocenters. The van der Waals surface area contributed by atoms with E-state index in [1.54, 1.807) is 0 Å². The van der Waals surface area contributed by atoms with Gasteiger partial charge in [0.15, 0.2) is 11.5 Å². The van der Waals surface area contributed by atoms with Gasteiger partial charge in [-0.15, -0.1) is 0 Å². The number of rotatable bonds is 3. The number of benzene rings is 2. The van der Waals surface area contributed by atoms with Crippen LogP contribution in [0.4, 0.5) is 5.69 Å². The molecule has 1 atom stereocenters. The lowest BCUT2D eigenvalue weighted by Crippen LogP contribution is -2.25. The van der Waals surface area contributed by atoms with E-state index in [0.29, 0.717) is 32.0 Å². The Balaban J connectivity index is 1.82. The van der Waals surface area contributed by atoms with E-state index in [2.05, 4.69) is 5.32 Å². The van der Waals surface area contributed by atoms with E-state index in [-0.39, 0.29) is 11.8 Å². The summed E-state index contributed by atoms with van der Waals surface area (Å²) in [6, 6.07) is 11.7. The van der Waals surface area contributed by atoms with Crippen LogP contribution < -0.4 is 19.5 Å². The van der Waals surface area contributed by atoms with Crippen LogP contribution in [0.15, 0.2) is 36.4 Å². The van der Waals surface area contributed by atoms with Crippen molar-refractivity contribution in [3.63, 3.8) is 0 Å². The van der Waals surface area contributed by atoms with Crippen LogP contribution in [0.5, 0.6) is 17.2 Å². The minimum atomic E-state index is -0.0627. The fourth-order valence-corrected chi connectivity index (χ4v) is 3.33. The van der Waals surface area contributed by atoms with Crippen LogP contribution >= 0.6 is 0 Å². The predicted octanol–water partition coefficient (Wildman–Crippen LogP) is 3.33. The second-order valence-corrected chi connectivity index (χ2v) is 5.86. The molecule has 0 saturated heterocycles. The summed E-state index contributed by atoms with van der Waals surface area (Å²) in [5, 5.41) is 2.95. The summed E-state index contributed by atoms with van der Waals surface area (Å²) in [4.78, 5) is 12.2. The number of carbonyl (C=O) groups is 1. The second kappa shape index (κ2) is 6.07. The zero-order valence-corrected chi connectivity index (χ0v) is 13.5. The third-order valence-electron chi connectivity index (χ3n) is 4.35. The molecular formula is C19H19NO4. The van der Waals surface area contributed by atoms with E-state index in [1.165, 1.54) is 0 Å². The number of fused-ring (bicyclic) bond motifs is 2. The summed E-state index contributed by atoms with van der Waals surface area (Å²) in [6.07, 6.45) is 0.386. The lowest BCUT2D eigenvalue weighted by atomic mass is 9.84. The Morgan fingerprint density at radius 1 is 1.12 bits per heavy atom. The average molecular weight is 325 g/mol. The van der Waals surface area contributed by atoms with Crippen molar-refractivity contribution in [2.24, 2.45) is 0 Å². The first-order chi connectivity index (χ1) is 11.8. The lowest BCUT2D eigenvalue weighted by molar-refractivity contribution is -0.116. The number of ether oxygens (including phenoxy) is 3. The summed E-state index contributed by atoms with van der Waals surface area (Å²) >= 11 is 0. The smallest absolute Gasteiger partial charge is 0.225 e. The number of nitrogens with one attached hydrogen (secondary N) is 1. The number of anilines is 1. The Bertz CT molecular complexity index is 787. The molecule has 0 saturated carbocycles. The zero-order valence-electron chi connectivity index (χ0n) is 13.5. The summed E-state index contributed by atoms with van der Waals surface area (Å²) < 4.78 is 17.1. The van der Waals surface area contributed by atoms with Crippen LogP contribution in [-0.4, -0.2) is 25.7 Å². The van der Waals surface area contributed by atoms with E-state index in [9.17, 15) is 4.79 Å². The maximum absolute atomic E-state index is 12.2. The largest absolute Gasteiger partial charge is 0.494 e. The van der Waals surface area contributed by atoms with Crippen LogP contribution in [0.3, 0.4) is 0 Å². The van der Waals surface area contributed by atoms with Gasteiger partial charge in [0.1, 0.15) is 19.0 Å². The first-order valence-corrected chi connectivity index (χ1v) is 8.21. The van der Waals surface area contributed by atoms with Crippen molar-refractivity contribution in [1.82, 2.24) is 0 Å². The molecule has 2 aliphatic rings. The van der Waals surface area contributed by atoms with Gasteiger partial charge in [-0.1, -0.05) is 18.2 Å². The molecule has 0 bridgehead atoms. The Labute approximate surface area is 140 Å². The summed E-state index contributed by atoms with van der Waals surface area (Å²) in [5.74, 6) is 2.16. The van der Waals surface area contributed by atoms with E-state index in [4.69, 9.17) is 14.2 Å². The molecule has 2 aromatic rings. The Morgan fingerprint density at radius 3 is 2.67 bits per heavy atom. The van der Waals surface area contributed by atoms with Gasteiger partial charge < -0.3 is 19.5 Å². The van der Waals surface area contributed by atoms with Gasteiger partial charge in [0.2, 0.25) is 5.91 Å². The molecule has 0 aromatic heterocycles. The summed E-state index contributed by atoms with van der Waals surface area (Å²) in [5.41, 5.74) is 2.84. The van der Waals surface area contributed by atoms with Crippen LogP contribution in [0, 0.1) is 0 Å². The van der Waals surface area contributed by atoms with Crippen LogP contribution in [0.2, 0.25) is 0 Å². The number of amides is 1. The third-order valence-corrected chi connectivity index (χ3v) is 4.35. The van der Waals surface area contributed by atoms with Gasteiger partial charge in [-0.05, 0) is 24.6 Å². The molecule has 2 aromatic carbocycles. The third kappa shape index (κ3) is 2.56. The fraction of sp³-hybridized carbons (Fsp3) is 0.316. The number of hydrogen-bond donors (Lipinski definition) is 1. The molecule has 0 aliphatic carbocycles.